The van der Waals surface area contributed by atoms with Gasteiger partial charge in [0.1, 0.15) is 17.2 Å². The zero-order valence-electron chi connectivity index (χ0n) is 19.9. The van der Waals surface area contributed by atoms with E-state index in [9.17, 15) is 14.4 Å². The van der Waals surface area contributed by atoms with Crippen LogP contribution in [0, 0.1) is 0 Å². The normalized spacial score (nSPS) is 16.4. The maximum absolute atomic E-state index is 13.4. The molecule has 0 saturated carbocycles. The highest BCUT2D eigenvalue weighted by Crippen LogP contribution is 2.26. The summed E-state index contributed by atoms with van der Waals surface area (Å²) in [6.07, 6.45) is 0.499. The van der Waals surface area contributed by atoms with Gasteiger partial charge in [-0.15, -0.1) is 0 Å². The highest BCUT2D eigenvalue weighted by Gasteiger charge is 2.38. The Bertz CT molecular complexity index is 807. The minimum atomic E-state index is -0.711. The summed E-state index contributed by atoms with van der Waals surface area (Å²) in [4.78, 5) is 41.6. The molecule has 2 amide bonds. The molecule has 172 valence electrons. The fraction of sp³-hybridized carbons (Fsp3) is 0.625. The van der Waals surface area contributed by atoms with Crippen molar-refractivity contribution in [3.8, 4) is 0 Å². The molecule has 7 heteroatoms. The van der Waals surface area contributed by atoms with Gasteiger partial charge in [-0.2, -0.15) is 0 Å². The maximum Gasteiger partial charge on any atom is 0.329 e. The third-order valence-corrected chi connectivity index (χ3v) is 4.83. The molecule has 0 fully saturated rings. The molecular weight excluding hydrogens is 396 g/mol. The van der Waals surface area contributed by atoms with Gasteiger partial charge in [-0.25, -0.2) is 9.59 Å². The molecule has 2 rings (SSSR count). The lowest BCUT2D eigenvalue weighted by Gasteiger charge is -2.39. The third-order valence-electron chi connectivity index (χ3n) is 4.83. The van der Waals surface area contributed by atoms with E-state index in [1.54, 1.807) is 9.80 Å². The average molecular weight is 433 g/mol. The van der Waals surface area contributed by atoms with E-state index >= 15 is 0 Å². The molecule has 0 spiro atoms. The summed E-state index contributed by atoms with van der Waals surface area (Å²) in [5.41, 5.74) is 0.832. The molecule has 0 aliphatic carbocycles. The summed E-state index contributed by atoms with van der Waals surface area (Å²) >= 11 is 0. The number of benzene rings is 1. The predicted molar refractivity (Wildman–Crippen MR) is 118 cm³/mol. The number of amides is 2. The lowest BCUT2D eigenvalue weighted by molar-refractivity contribution is -0.161. The first-order valence-corrected chi connectivity index (χ1v) is 10.9. The van der Waals surface area contributed by atoms with E-state index in [1.165, 1.54) is 0 Å². The number of carbonyl (C=O) groups excluding carboxylic acids is 3. The second-order valence-corrected chi connectivity index (χ2v) is 9.85. The molecule has 0 N–H and O–H groups in total. The van der Waals surface area contributed by atoms with Crippen molar-refractivity contribution >= 4 is 18.0 Å². The minimum Gasteiger partial charge on any atom is -0.460 e. The zero-order chi connectivity index (χ0) is 23.4. The van der Waals surface area contributed by atoms with Gasteiger partial charge in [0.2, 0.25) is 0 Å². The van der Waals surface area contributed by atoms with Crippen molar-refractivity contribution in [2.45, 2.75) is 85.1 Å². The lowest BCUT2D eigenvalue weighted by atomic mass is 9.94. The number of esters is 2. The van der Waals surface area contributed by atoms with Crippen LogP contribution in [0.2, 0.25) is 0 Å². The van der Waals surface area contributed by atoms with E-state index < -0.39 is 23.2 Å². The van der Waals surface area contributed by atoms with Crippen molar-refractivity contribution in [3.05, 3.63) is 35.4 Å². The molecule has 0 aromatic heterocycles. The minimum absolute atomic E-state index is 0.0956. The topological polar surface area (TPSA) is 76.2 Å². The number of urea groups is 1. The first-order chi connectivity index (χ1) is 14.3. The fourth-order valence-electron chi connectivity index (χ4n) is 3.49. The van der Waals surface area contributed by atoms with Gasteiger partial charge in [-0.05, 0) is 59.6 Å². The first kappa shape index (κ1) is 24.7. The molecule has 1 unspecified atom stereocenters. The van der Waals surface area contributed by atoms with Crippen LogP contribution in [0.15, 0.2) is 24.3 Å². The summed E-state index contributed by atoms with van der Waals surface area (Å²) in [5, 5.41) is 0. The largest absolute Gasteiger partial charge is 0.460 e. The Kier molecular flexibility index (Phi) is 7.73. The number of hydrogen-bond acceptors (Lipinski definition) is 5. The number of ether oxygens (including phenoxy) is 2. The van der Waals surface area contributed by atoms with E-state index in [2.05, 4.69) is 0 Å². The Hall–Kier alpha value is -2.57. The van der Waals surface area contributed by atoms with E-state index in [4.69, 9.17) is 9.47 Å². The van der Waals surface area contributed by atoms with Gasteiger partial charge in [0.25, 0.3) is 0 Å². The van der Waals surface area contributed by atoms with E-state index in [-0.39, 0.29) is 25.0 Å². The second-order valence-electron chi connectivity index (χ2n) is 9.85. The molecule has 1 aromatic carbocycles. The van der Waals surface area contributed by atoms with Gasteiger partial charge >= 0.3 is 18.0 Å². The number of hydrogen-bond donors (Lipinski definition) is 0. The van der Waals surface area contributed by atoms with Crippen molar-refractivity contribution in [3.63, 3.8) is 0 Å². The number of rotatable bonds is 5. The summed E-state index contributed by atoms with van der Waals surface area (Å²) < 4.78 is 11.0. The molecule has 1 aromatic rings. The molecule has 1 aliphatic heterocycles. The lowest BCUT2D eigenvalue weighted by Crippen LogP contribution is -2.55. The molecule has 0 bridgehead atoms. The Morgan fingerprint density at radius 3 is 2.13 bits per heavy atom. The Balaban J connectivity index is 2.20. The summed E-state index contributed by atoms with van der Waals surface area (Å²) in [5.74, 6) is -0.773. The predicted octanol–water partition coefficient (Wildman–Crippen LogP) is 3.93. The van der Waals surface area contributed by atoms with Crippen LogP contribution in [-0.2, 0) is 32.0 Å². The molecule has 1 heterocycles. The van der Waals surface area contributed by atoms with Gasteiger partial charge in [-0.3, -0.25) is 4.79 Å². The summed E-state index contributed by atoms with van der Waals surface area (Å²) in [6.45, 7) is 13.7. The molecule has 1 aliphatic rings. The van der Waals surface area contributed by atoms with Crippen molar-refractivity contribution in [2.75, 3.05) is 13.1 Å². The SMILES string of the molecule is CCN(CCC(=O)OC(C)(C)C)C(=O)N1Cc2ccccc2CC1C(=O)OC(C)(C)C. The Morgan fingerprint density at radius 2 is 1.58 bits per heavy atom. The first-order valence-electron chi connectivity index (χ1n) is 10.9. The summed E-state index contributed by atoms with van der Waals surface area (Å²) in [7, 11) is 0. The van der Waals surface area contributed by atoms with Crippen molar-refractivity contribution in [2.24, 2.45) is 0 Å². The second kappa shape index (κ2) is 9.71. The number of fused-ring (bicyclic) bond motifs is 1. The molecule has 0 saturated heterocycles. The quantitative estimate of drug-likeness (QED) is 0.659. The van der Waals surface area contributed by atoms with Crippen LogP contribution in [0.3, 0.4) is 0 Å². The van der Waals surface area contributed by atoms with Gasteiger partial charge in [-0.1, -0.05) is 24.3 Å². The monoisotopic (exact) mass is 432 g/mol. The molecule has 31 heavy (non-hydrogen) atoms. The standard InChI is InChI=1S/C24H36N2O5/c1-8-25(14-13-20(27)30-23(2,3)4)22(29)26-16-18-12-10-9-11-17(18)15-19(26)21(28)31-24(5,6)7/h9-12,19H,8,13-16H2,1-7H3. The van der Waals surface area contributed by atoms with Crippen LogP contribution in [0.5, 0.6) is 0 Å². The van der Waals surface area contributed by atoms with Crippen LogP contribution in [0.4, 0.5) is 4.79 Å². The van der Waals surface area contributed by atoms with E-state index in [1.807, 2.05) is 72.7 Å². The van der Waals surface area contributed by atoms with Gasteiger partial charge < -0.3 is 19.3 Å². The maximum atomic E-state index is 13.4. The van der Waals surface area contributed by atoms with Crippen LogP contribution >= 0.6 is 0 Å². The molecule has 0 radical (unpaired) electrons. The van der Waals surface area contributed by atoms with Crippen molar-refractivity contribution < 1.29 is 23.9 Å². The van der Waals surface area contributed by atoms with Gasteiger partial charge in [0.15, 0.2) is 0 Å². The van der Waals surface area contributed by atoms with Gasteiger partial charge in [0, 0.05) is 26.1 Å². The van der Waals surface area contributed by atoms with Crippen molar-refractivity contribution in [1.29, 1.82) is 0 Å². The smallest absolute Gasteiger partial charge is 0.329 e. The average Bonchev–Trinajstić information content (AvgIpc) is 2.64. The molecular formula is C24H36N2O5. The Morgan fingerprint density at radius 1 is 1.00 bits per heavy atom. The highest BCUT2D eigenvalue weighted by atomic mass is 16.6. The van der Waals surface area contributed by atoms with Crippen LogP contribution in [-0.4, -0.2) is 58.1 Å². The Labute approximate surface area is 185 Å². The molecule has 7 nitrogen and oxygen atoms in total. The fourth-order valence-corrected chi connectivity index (χ4v) is 3.49. The number of carbonyl (C=O) groups is 3. The van der Waals surface area contributed by atoms with Crippen molar-refractivity contribution in [1.82, 2.24) is 9.80 Å². The van der Waals surface area contributed by atoms with Crippen LogP contribution in [0.1, 0.15) is 66.0 Å². The zero-order valence-corrected chi connectivity index (χ0v) is 19.9. The van der Waals surface area contributed by atoms with E-state index in [0.717, 1.165) is 11.1 Å². The van der Waals surface area contributed by atoms with Crippen LogP contribution < -0.4 is 0 Å². The van der Waals surface area contributed by atoms with E-state index in [0.29, 0.717) is 19.5 Å². The van der Waals surface area contributed by atoms with Crippen LogP contribution in [0.25, 0.3) is 0 Å². The molecule has 1 atom stereocenters. The van der Waals surface area contributed by atoms with Gasteiger partial charge in [0.05, 0.1) is 6.42 Å². The highest BCUT2D eigenvalue weighted by molar-refractivity contribution is 5.85. The number of nitrogens with zero attached hydrogens (tertiary/aromatic N) is 2. The third kappa shape index (κ3) is 7.26. The summed E-state index contributed by atoms with van der Waals surface area (Å²) in [6, 6.07) is 6.82.